The fourth-order valence-corrected chi connectivity index (χ4v) is 8.32. The molecule has 1 heterocycles. The molecule has 0 amide bonds. The van der Waals surface area contributed by atoms with Gasteiger partial charge in [0.2, 0.25) is 0 Å². The molecule has 5 heteroatoms. The fraction of sp³-hybridized carbons (Fsp3) is 0.862. The van der Waals surface area contributed by atoms with Gasteiger partial charge < -0.3 is 14.7 Å². The maximum absolute atomic E-state index is 13.7. The van der Waals surface area contributed by atoms with Gasteiger partial charge in [0.25, 0.3) is 0 Å². The van der Waals surface area contributed by atoms with Crippen molar-refractivity contribution in [2.45, 2.75) is 104 Å². The summed E-state index contributed by atoms with van der Waals surface area (Å²) in [6.07, 6.45) is 11.4. The van der Waals surface area contributed by atoms with Crippen LogP contribution in [0.4, 0.5) is 0 Å². The molecule has 0 spiro atoms. The van der Waals surface area contributed by atoms with E-state index in [0.29, 0.717) is 18.1 Å². The van der Waals surface area contributed by atoms with Gasteiger partial charge in [0.1, 0.15) is 5.78 Å². The van der Waals surface area contributed by atoms with E-state index in [-0.39, 0.29) is 46.3 Å². The first kappa shape index (κ1) is 25.9. The molecule has 0 aromatic carbocycles. The molecule has 4 rings (SSSR count). The minimum Gasteiger partial charge on any atom is -0.480 e. The highest BCUT2D eigenvalue weighted by molar-refractivity contribution is 5.84. The van der Waals surface area contributed by atoms with E-state index in [1.54, 1.807) is 0 Å². The van der Waals surface area contributed by atoms with Gasteiger partial charge in [-0.2, -0.15) is 0 Å². The van der Waals surface area contributed by atoms with E-state index in [1.807, 2.05) is 0 Å². The van der Waals surface area contributed by atoms with Crippen LogP contribution in [0.5, 0.6) is 0 Å². The lowest BCUT2D eigenvalue weighted by Crippen LogP contribution is -2.55. The average molecular weight is 473 g/mol. The molecule has 0 bridgehead atoms. The Labute approximate surface area is 207 Å². The molecule has 192 valence electrons. The van der Waals surface area contributed by atoms with Crippen LogP contribution in [0.15, 0.2) is 17.1 Å². The summed E-state index contributed by atoms with van der Waals surface area (Å²) < 4.78 is 6.04. The molecular formula is C29H48N2O3. The molecule has 0 saturated heterocycles. The zero-order valence-corrected chi connectivity index (χ0v) is 22.6. The molecule has 0 radical (unpaired) electrons. The van der Waals surface area contributed by atoms with E-state index in [9.17, 15) is 9.90 Å². The molecule has 5 nitrogen and oxygen atoms in total. The largest absolute Gasteiger partial charge is 0.480 e. The highest BCUT2D eigenvalue weighted by atomic mass is 16.5. The Morgan fingerprint density at radius 1 is 1.21 bits per heavy atom. The highest BCUT2D eigenvalue weighted by Crippen LogP contribution is 2.68. The zero-order chi connectivity index (χ0) is 24.9. The number of allylic oxidation sites excluding steroid dienone is 1. The van der Waals surface area contributed by atoms with Gasteiger partial charge in [-0.3, -0.25) is 9.79 Å². The number of aliphatic hydroxyl groups is 1. The number of ether oxygens (including phenoxy) is 1. The van der Waals surface area contributed by atoms with Crippen LogP contribution in [0.3, 0.4) is 0 Å². The van der Waals surface area contributed by atoms with Crippen LogP contribution >= 0.6 is 0 Å². The number of hydrogen-bond donors (Lipinski definition) is 1. The second-order valence-electron chi connectivity index (χ2n) is 12.9. The number of nitrogens with zero attached hydrogens (tertiary/aromatic N) is 2. The van der Waals surface area contributed by atoms with E-state index in [1.165, 1.54) is 0 Å². The summed E-state index contributed by atoms with van der Waals surface area (Å²) in [4.78, 5) is 20.9. The van der Waals surface area contributed by atoms with Crippen molar-refractivity contribution in [1.82, 2.24) is 4.90 Å². The quantitative estimate of drug-likeness (QED) is 0.569. The molecule has 3 aliphatic carbocycles. The van der Waals surface area contributed by atoms with Gasteiger partial charge in [-0.15, -0.1) is 0 Å². The van der Waals surface area contributed by atoms with Gasteiger partial charge >= 0.3 is 0 Å². The molecule has 4 aliphatic rings. The van der Waals surface area contributed by atoms with Gasteiger partial charge in [0.05, 0.1) is 18.8 Å². The van der Waals surface area contributed by atoms with Gasteiger partial charge in [0, 0.05) is 36.1 Å². The van der Waals surface area contributed by atoms with Crippen LogP contribution in [-0.2, 0) is 9.53 Å². The van der Waals surface area contributed by atoms with E-state index < -0.39 is 0 Å². The molecule has 1 aliphatic heterocycles. The minimum absolute atomic E-state index is 0.0306. The van der Waals surface area contributed by atoms with Crippen molar-refractivity contribution in [2.75, 3.05) is 20.7 Å². The lowest BCUT2D eigenvalue weighted by molar-refractivity contribution is -0.147. The molecule has 0 aromatic heterocycles. The van der Waals surface area contributed by atoms with E-state index in [2.05, 4.69) is 65.8 Å². The number of ketones is 1. The Balaban J connectivity index is 1.66. The molecule has 0 aromatic rings. The summed E-state index contributed by atoms with van der Waals surface area (Å²) in [5, 5.41) is 11.4. The number of aliphatic imine (C=N–C) groups is 1. The normalized spacial score (nSPS) is 46.9. The SMILES string of the molecule is CCC1=N[C@H]2C/C=C/C[C@H]3C(=O)C[C@]4(C)[C@@H]([C@H](C)N(C)C)[C@H](O)C[C@@]4(C)[C@@H]3CCC[C@]2(C)CO1. The number of hydrogen-bond acceptors (Lipinski definition) is 5. The monoisotopic (exact) mass is 472 g/mol. The van der Waals surface area contributed by atoms with Crippen molar-refractivity contribution in [3.63, 3.8) is 0 Å². The molecule has 1 N–H and O–H groups in total. The van der Waals surface area contributed by atoms with Crippen molar-refractivity contribution in [3.05, 3.63) is 12.2 Å². The van der Waals surface area contributed by atoms with Gasteiger partial charge in [-0.1, -0.05) is 46.3 Å². The van der Waals surface area contributed by atoms with Crippen LogP contribution in [0, 0.1) is 34.0 Å². The number of aliphatic hydroxyl groups excluding tert-OH is 1. The molecule has 0 unspecified atom stereocenters. The first-order chi connectivity index (χ1) is 16.0. The average Bonchev–Trinajstić information content (AvgIpc) is 2.95. The summed E-state index contributed by atoms with van der Waals surface area (Å²) >= 11 is 0. The Morgan fingerprint density at radius 2 is 1.91 bits per heavy atom. The summed E-state index contributed by atoms with van der Waals surface area (Å²) in [5.41, 5.74) is -0.194. The third-order valence-electron chi connectivity index (χ3n) is 10.8. The van der Waals surface area contributed by atoms with Crippen LogP contribution < -0.4 is 0 Å². The Morgan fingerprint density at radius 3 is 2.59 bits per heavy atom. The predicted molar refractivity (Wildman–Crippen MR) is 138 cm³/mol. The second-order valence-corrected chi connectivity index (χ2v) is 12.9. The summed E-state index contributed by atoms with van der Waals surface area (Å²) in [6.45, 7) is 12.1. The molecule has 2 saturated carbocycles. The summed E-state index contributed by atoms with van der Waals surface area (Å²) in [6, 6.07) is 0.487. The topological polar surface area (TPSA) is 62.1 Å². The standard InChI is InChI=1S/C29H48N2O3/c1-8-25-30-24-14-10-9-12-20-21(13-11-15-27(24,3)18-34-25)28(4)17-23(33)26(19(2)31(6)7)29(28,5)16-22(20)32/h9-10,19-21,23-24,26,33H,8,11-18H2,1-7H3/b10-9+/t19-,20+,21+,23+,24-,26-,27+,28-,29+/m0/s1. The van der Waals surface area contributed by atoms with Gasteiger partial charge in [-0.05, 0) is 69.9 Å². The molecule has 2 fully saturated rings. The molecular weight excluding hydrogens is 424 g/mol. The second kappa shape index (κ2) is 9.35. The lowest BCUT2D eigenvalue weighted by Gasteiger charge is -2.56. The number of fused-ring (bicyclic) bond motifs is 4. The van der Waals surface area contributed by atoms with Crippen molar-refractivity contribution in [3.8, 4) is 0 Å². The first-order valence-corrected chi connectivity index (χ1v) is 13.7. The van der Waals surface area contributed by atoms with E-state index in [4.69, 9.17) is 9.73 Å². The molecule has 34 heavy (non-hydrogen) atoms. The Kier molecular flexibility index (Phi) is 7.12. The van der Waals surface area contributed by atoms with Crippen LogP contribution in [0.25, 0.3) is 0 Å². The van der Waals surface area contributed by atoms with Crippen molar-refractivity contribution < 1.29 is 14.6 Å². The summed E-state index contributed by atoms with van der Waals surface area (Å²) in [7, 11) is 4.19. The number of Topliss-reactive ketones (excluding diaryl/α,β-unsaturated/α-hetero) is 1. The number of rotatable bonds is 3. The highest BCUT2D eigenvalue weighted by Gasteiger charge is 2.67. The number of carbonyl (C=O) groups is 1. The minimum atomic E-state index is -0.358. The Bertz CT molecular complexity index is 837. The Hall–Kier alpha value is -1.20. The smallest absolute Gasteiger partial charge is 0.183 e. The third-order valence-corrected chi connectivity index (χ3v) is 10.8. The van der Waals surface area contributed by atoms with Crippen LogP contribution in [0.2, 0.25) is 0 Å². The van der Waals surface area contributed by atoms with E-state index >= 15 is 0 Å². The van der Waals surface area contributed by atoms with Crippen LogP contribution in [0.1, 0.15) is 86.0 Å². The van der Waals surface area contributed by atoms with Crippen molar-refractivity contribution >= 4 is 11.7 Å². The van der Waals surface area contributed by atoms with Crippen molar-refractivity contribution in [2.24, 2.45) is 39.0 Å². The zero-order valence-electron chi connectivity index (χ0n) is 22.6. The van der Waals surface area contributed by atoms with Crippen molar-refractivity contribution in [1.29, 1.82) is 0 Å². The van der Waals surface area contributed by atoms with Gasteiger partial charge in [0.15, 0.2) is 5.90 Å². The maximum atomic E-state index is 13.7. The van der Waals surface area contributed by atoms with E-state index in [0.717, 1.165) is 57.5 Å². The fourth-order valence-electron chi connectivity index (χ4n) is 8.32. The van der Waals surface area contributed by atoms with Crippen LogP contribution in [-0.4, -0.2) is 60.6 Å². The number of carbonyl (C=O) groups excluding carboxylic acids is 1. The third kappa shape index (κ3) is 4.09. The predicted octanol–water partition coefficient (Wildman–Crippen LogP) is 5.27. The molecule has 9 atom stereocenters. The lowest BCUT2D eigenvalue weighted by atomic mass is 9.48. The first-order valence-electron chi connectivity index (χ1n) is 13.7. The van der Waals surface area contributed by atoms with Gasteiger partial charge in [-0.25, -0.2) is 0 Å². The summed E-state index contributed by atoms with van der Waals surface area (Å²) in [5.74, 6) is 1.78. The maximum Gasteiger partial charge on any atom is 0.183 e.